The highest BCUT2D eigenvalue weighted by Crippen LogP contribution is 2.27. The predicted octanol–water partition coefficient (Wildman–Crippen LogP) is 2.32. The number of aliphatic carboxylic acids is 1. The van der Waals surface area contributed by atoms with Crippen LogP contribution in [0.25, 0.3) is 0 Å². The Hall–Kier alpha value is -1.26. The summed E-state index contributed by atoms with van der Waals surface area (Å²) in [5.41, 5.74) is -0.730. The number of hydrogen-bond donors (Lipinski definition) is 2. The summed E-state index contributed by atoms with van der Waals surface area (Å²) in [4.78, 5) is 24.9. The number of rotatable bonds is 3. The highest BCUT2D eigenvalue weighted by atomic mass is 16.4. The summed E-state index contributed by atoms with van der Waals surface area (Å²) in [6.07, 6.45) is 1.05. The minimum Gasteiger partial charge on any atom is -0.481 e. The lowest BCUT2D eigenvalue weighted by Crippen LogP contribution is -2.57. The molecule has 1 fully saturated rings. The summed E-state index contributed by atoms with van der Waals surface area (Å²) in [6, 6.07) is 0.0361. The predicted molar refractivity (Wildman–Crippen MR) is 74.0 cm³/mol. The molecule has 0 radical (unpaired) electrons. The smallest absolute Gasteiger partial charge is 0.318 e. The Bertz CT molecular complexity index is 355. The number of nitrogens with zero attached hydrogens (tertiary/aromatic N) is 1. The molecule has 110 valence electrons. The maximum Gasteiger partial charge on any atom is 0.318 e. The van der Waals surface area contributed by atoms with Crippen molar-refractivity contribution in [1.82, 2.24) is 10.2 Å². The average Bonchev–Trinajstić information content (AvgIpc) is 2.20. The van der Waals surface area contributed by atoms with Gasteiger partial charge in [-0.2, -0.15) is 0 Å². The quantitative estimate of drug-likeness (QED) is 0.827. The van der Waals surface area contributed by atoms with Crippen molar-refractivity contribution in [3.05, 3.63) is 0 Å². The maximum atomic E-state index is 12.3. The van der Waals surface area contributed by atoms with Gasteiger partial charge in [-0.15, -0.1) is 0 Å². The Kier molecular flexibility index (Phi) is 4.82. The molecule has 19 heavy (non-hydrogen) atoms. The van der Waals surface area contributed by atoms with Crippen molar-refractivity contribution in [3.8, 4) is 0 Å². The molecule has 2 amide bonds. The van der Waals surface area contributed by atoms with Gasteiger partial charge in [0, 0.05) is 18.1 Å². The third kappa shape index (κ3) is 4.40. The van der Waals surface area contributed by atoms with E-state index in [-0.39, 0.29) is 18.5 Å². The molecule has 0 aromatic heterocycles. The first-order valence-corrected chi connectivity index (χ1v) is 6.93. The Morgan fingerprint density at radius 2 is 1.89 bits per heavy atom. The molecular formula is C14H26N2O3. The van der Waals surface area contributed by atoms with Crippen LogP contribution in [-0.4, -0.2) is 40.1 Å². The fraction of sp³-hybridized carbons (Fsp3) is 0.857. The van der Waals surface area contributed by atoms with Gasteiger partial charge in [-0.25, -0.2) is 4.79 Å². The van der Waals surface area contributed by atoms with Gasteiger partial charge in [-0.05, 0) is 39.0 Å². The highest BCUT2D eigenvalue weighted by Gasteiger charge is 2.34. The Balaban J connectivity index is 2.68. The normalized spacial score (nSPS) is 28.1. The maximum absolute atomic E-state index is 12.3. The van der Waals surface area contributed by atoms with E-state index in [1.165, 1.54) is 0 Å². The lowest BCUT2D eigenvalue weighted by atomic mass is 9.86. The SMILES string of the molecule is CC1CC(C)C(C)N(C(=O)NC(C)(C)CC(=O)O)C1. The largest absolute Gasteiger partial charge is 0.481 e. The summed E-state index contributed by atoms with van der Waals surface area (Å²) in [5, 5.41) is 11.7. The van der Waals surface area contributed by atoms with Crippen molar-refractivity contribution in [2.24, 2.45) is 11.8 Å². The van der Waals surface area contributed by atoms with E-state index in [0.717, 1.165) is 13.0 Å². The molecule has 0 aromatic rings. The van der Waals surface area contributed by atoms with E-state index in [4.69, 9.17) is 5.11 Å². The van der Waals surface area contributed by atoms with Gasteiger partial charge in [-0.3, -0.25) is 4.79 Å². The topological polar surface area (TPSA) is 69.6 Å². The first kappa shape index (κ1) is 15.8. The number of carboxylic acid groups (broad SMARTS) is 1. The van der Waals surface area contributed by atoms with Crippen LogP contribution in [0.15, 0.2) is 0 Å². The number of carboxylic acids is 1. The van der Waals surface area contributed by atoms with Gasteiger partial charge in [0.05, 0.1) is 6.42 Å². The molecule has 0 bridgehead atoms. The molecule has 0 aromatic carbocycles. The van der Waals surface area contributed by atoms with Gasteiger partial charge >= 0.3 is 12.0 Å². The van der Waals surface area contributed by atoms with Crippen LogP contribution in [0.4, 0.5) is 4.79 Å². The van der Waals surface area contributed by atoms with Gasteiger partial charge in [0.1, 0.15) is 0 Å². The number of urea groups is 1. The lowest BCUT2D eigenvalue weighted by Gasteiger charge is -2.42. The number of hydrogen-bond acceptors (Lipinski definition) is 2. The van der Waals surface area contributed by atoms with Gasteiger partial charge in [0.25, 0.3) is 0 Å². The standard InChI is InChI=1S/C14H26N2O3/c1-9-6-10(2)11(3)16(8-9)13(19)15-14(4,5)7-12(17)18/h9-11H,6-8H2,1-5H3,(H,15,19)(H,17,18). The molecule has 1 aliphatic heterocycles. The number of carbonyl (C=O) groups is 2. The highest BCUT2D eigenvalue weighted by molar-refractivity contribution is 5.77. The lowest BCUT2D eigenvalue weighted by molar-refractivity contribution is -0.138. The van der Waals surface area contributed by atoms with Crippen LogP contribution in [0.1, 0.15) is 47.5 Å². The molecule has 0 spiro atoms. The Morgan fingerprint density at radius 1 is 1.32 bits per heavy atom. The van der Waals surface area contributed by atoms with Gasteiger partial charge in [0.2, 0.25) is 0 Å². The second kappa shape index (κ2) is 5.80. The van der Waals surface area contributed by atoms with E-state index in [0.29, 0.717) is 11.8 Å². The molecule has 3 unspecified atom stereocenters. The zero-order valence-corrected chi connectivity index (χ0v) is 12.6. The second-order valence-corrected chi connectivity index (χ2v) is 6.60. The van der Waals surface area contributed by atoms with Crippen LogP contribution in [0, 0.1) is 11.8 Å². The van der Waals surface area contributed by atoms with Crippen LogP contribution < -0.4 is 5.32 Å². The zero-order chi connectivity index (χ0) is 14.8. The van der Waals surface area contributed by atoms with E-state index in [1.54, 1.807) is 13.8 Å². The molecule has 2 N–H and O–H groups in total. The molecule has 0 aliphatic carbocycles. The fourth-order valence-corrected chi connectivity index (χ4v) is 2.77. The van der Waals surface area contributed by atoms with Crippen LogP contribution in [0.3, 0.4) is 0 Å². The first-order valence-electron chi connectivity index (χ1n) is 6.93. The van der Waals surface area contributed by atoms with E-state index >= 15 is 0 Å². The third-order valence-electron chi connectivity index (χ3n) is 3.90. The summed E-state index contributed by atoms with van der Waals surface area (Å²) in [5.74, 6) is 0.0513. The first-order chi connectivity index (χ1) is 8.62. The fourth-order valence-electron chi connectivity index (χ4n) is 2.77. The molecule has 0 saturated carbocycles. The molecule has 1 rings (SSSR count). The van der Waals surface area contributed by atoms with Crippen LogP contribution in [-0.2, 0) is 4.79 Å². The van der Waals surface area contributed by atoms with Crippen molar-refractivity contribution in [2.45, 2.75) is 59.0 Å². The number of piperidine rings is 1. The monoisotopic (exact) mass is 270 g/mol. The number of amides is 2. The molecule has 5 nitrogen and oxygen atoms in total. The molecule has 5 heteroatoms. The molecule has 1 aliphatic rings. The molecule has 1 heterocycles. The second-order valence-electron chi connectivity index (χ2n) is 6.60. The Morgan fingerprint density at radius 3 is 2.42 bits per heavy atom. The van der Waals surface area contributed by atoms with E-state index in [1.807, 2.05) is 4.90 Å². The number of carbonyl (C=O) groups excluding carboxylic acids is 1. The minimum atomic E-state index is -0.904. The molecular weight excluding hydrogens is 244 g/mol. The van der Waals surface area contributed by atoms with Gasteiger partial charge in [-0.1, -0.05) is 13.8 Å². The summed E-state index contributed by atoms with van der Waals surface area (Å²) >= 11 is 0. The van der Waals surface area contributed by atoms with Crippen molar-refractivity contribution < 1.29 is 14.7 Å². The zero-order valence-electron chi connectivity index (χ0n) is 12.6. The van der Waals surface area contributed by atoms with Crippen LogP contribution in [0.2, 0.25) is 0 Å². The minimum absolute atomic E-state index is 0.0773. The van der Waals surface area contributed by atoms with Crippen LogP contribution >= 0.6 is 0 Å². The third-order valence-corrected chi connectivity index (χ3v) is 3.90. The van der Waals surface area contributed by atoms with Crippen molar-refractivity contribution in [1.29, 1.82) is 0 Å². The van der Waals surface area contributed by atoms with Crippen LogP contribution in [0.5, 0.6) is 0 Å². The van der Waals surface area contributed by atoms with Crippen molar-refractivity contribution >= 4 is 12.0 Å². The number of nitrogens with one attached hydrogen (secondary N) is 1. The summed E-state index contributed by atoms with van der Waals surface area (Å²) < 4.78 is 0. The van der Waals surface area contributed by atoms with E-state index in [9.17, 15) is 9.59 Å². The van der Waals surface area contributed by atoms with E-state index in [2.05, 4.69) is 26.1 Å². The molecule has 1 saturated heterocycles. The summed E-state index contributed by atoms with van der Waals surface area (Å²) in [7, 11) is 0. The van der Waals surface area contributed by atoms with Gasteiger partial charge < -0.3 is 15.3 Å². The Labute approximate surface area is 115 Å². The summed E-state index contributed by atoms with van der Waals surface area (Å²) in [6.45, 7) is 10.6. The average molecular weight is 270 g/mol. The number of likely N-dealkylation sites (tertiary alicyclic amines) is 1. The van der Waals surface area contributed by atoms with E-state index < -0.39 is 11.5 Å². The van der Waals surface area contributed by atoms with Crippen molar-refractivity contribution in [3.63, 3.8) is 0 Å². The molecule has 3 atom stereocenters. The van der Waals surface area contributed by atoms with Crippen molar-refractivity contribution in [2.75, 3.05) is 6.54 Å². The van der Waals surface area contributed by atoms with Gasteiger partial charge in [0.15, 0.2) is 0 Å².